The number of aromatic nitrogens is 2. The summed E-state index contributed by atoms with van der Waals surface area (Å²) in [6.07, 6.45) is 3.61. The van der Waals surface area contributed by atoms with Gasteiger partial charge in [-0.25, -0.2) is 4.98 Å². The predicted molar refractivity (Wildman–Crippen MR) is 88.3 cm³/mol. The van der Waals surface area contributed by atoms with Crippen LogP contribution in [0.3, 0.4) is 0 Å². The summed E-state index contributed by atoms with van der Waals surface area (Å²) in [7, 11) is 0. The van der Waals surface area contributed by atoms with E-state index in [0.717, 1.165) is 5.56 Å². The van der Waals surface area contributed by atoms with E-state index in [0.29, 0.717) is 12.2 Å². The lowest BCUT2D eigenvalue weighted by Gasteiger charge is -2.02. The number of carbonyl (C=O) groups is 2. The Labute approximate surface area is 132 Å². The standard InChI is InChI=1S/C15H16N4O2S/c16-14(21)13-15(18-10-17-13)19-12(20)7-9-22-8-6-11-4-2-1-3-5-11/h1-6,8,10H,7,9H2,(H2,16,21)(H,17,18)(H,19,20). The number of rotatable bonds is 7. The Morgan fingerprint density at radius 2 is 2.09 bits per heavy atom. The molecule has 0 atom stereocenters. The van der Waals surface area contributed by atoms with Crippen molar-refractivity contribution in [3.63, 3.8) is 0 Å². The second kappa shape index (κ2) is 8.04. The predicted octanol–water partition coefficient (Wildman–Crippen LogP) is 2.24. The molecule has 22 heavy (non-hydrogen) atoms. The van der Waals surface area contributed by atoms with Crippen molar-refractivity contribution in [2.45, 2.75) is 6.42 Å². The maximum absolute atomic E-state index is 11.8. The van der Waals surface area contributed by atoms with E-state index in [1.54, 1.807) is 0 Å². The van der Waals surface area contributed by atoms with Crippen molar-refractivity contribution in [1.29, 1.82) is 0 Å². The number of nitrogens with one attached hydrogen (secondary N) is 2. The fourth-order valence-corrected chi connectivity index (χ4v) is 2.37. The summed E-state index contributed by atoms with van der Waals surface area (Å²) in [5, 5.41) is 4.51. The van der Waals surface area contributed by atoms with E-state index in [9.17, 15) is 9.59 Å². The van der Waals surface area contributed by atoms with Crippen molar-refractivity contribution < 1.29 is 9.59 Å². The third-order valence-corrected chi connectivity index (χ3v) is 3.52. The number of carbonyl (C=O) groups excluding carboxylic acids is 2. The van der Waals surface area contributed by atoms with Gasteiger partial charge < -0.3 is 16.0 Å². The number of hydrogen-bond donors (Lipinski definition) is 3. The van der Waals surface area contributed by atoms with Gasteiger partial charge in [0.15, 0.2) is 5.82 Å². The lowest BCUT2D eigenvalue weighted by atomic mass is 10.2. The molecule has 0 aliphatic heterocycles. The number of amides is 2. The quantitative estimate of drug-likeness (QED) is 0.682. The van der Waals surface area contributed by atoms with Crippen LogP contribution in [0.25, 0.3) is 6.08 Å². The van der Waals surface area contributed by atoms with Crippen LogP contribution in [0, 0.1) is 0 Å². The Morgan fingerprint density at radius 3 is 2.82 bits per heavy atom. The maximum Gasteiger partial charge on any atom is 0.269 e. The zero-order valence-corrected chi connectivity index (χ0v) is 12.6. The molecule has 0 saturated heterocycles. The van der Waals surface area contributed by atoms with Gasteiger partial charge >= 0.3 is 0 Å². The van der Waals surface area contributed by atoms with Gasteiger partial charge in [-0.05, 0) is 17.0 Å². The molecule has 1 heterocycles. The number of anilines is 1. The summed E-state index contributed by atoms with van der Waals surface area (Å²) in [5.41, 5.74) is 6.37. The number of nitrogens with two attached hydrogens (primary N) is 1. The van der Waals surface area contributed by atoms with Crippen molar-refractivity contribution in [3.05, 3.63) is 53.3 Å². The van der Waals surface area contributed by atoms with Gasteiger partial charge in [-0.3, -0.25) is 9.59 Å². The maximum atomic E-state index is 11.8. The Balaban J connectivity index is 1.73. The van der Waals surface area contributed by atoms with Gasteiger partial charge in [-0.1, -0.05) is 30.3 Å². The Hall–Kier alpha value is -2.54. The summed E-state index contributed by atoms with van der Waals surface area (Å²) in [6.45, 7) is 0. The largest absolute Gasteiger partial charge is 0.364 e. The van der Waals surface area contributed by atoms with Crippen LogP contribution in [0.5, 0.6) is 0 Å². The van der Waals surface area contributed by atoms with Crippen molar-refractivity contribution in [3.8, 4) is 0 Å². The zero-order chi connectivity index (χ0) is 15.8. The monoisotopic (exact) mass is 316 g/mol. The molecule has 0 radical (unpaired) electrons. The lowest BCUT2D eigenvalue weighted by Crippen LogP contribution is -2.18. The van der Waals surface area contributed by atoms with Gasteiger partial charge in [0.2, 0.25) is 5.91 Å². The van der Waals surface area contributed by atoms with E-state index in [2.05, 4.69) is 15.3 Å². The number of aromatic amines is 1. The minimum atomic E-state index is -0.659. The molecule has 0 spiro atoms. The molecule has 0 aliphatic rings. The van der Waals surface area contributed by atoms with Crippen LogP contribution in [-0.2, 0) is 4.79 Å². The van der Waals surface area contributed by atoms with Gasteiger partial charge in [-0.2, -0.15) is 0 Å². The van der Waals surface area contributed by atoms with Crippen LogP contribution >= 0.6 is 11.8 Å². The smallest absolute Gasteiger partial charge is 0.269 e. The van der Waals surface area contributed by atoms with Crippen LogP contribution in [0.4, 0.5) is 5.82 Å². The average Bonchev–Trinajstić information content (AvgIpc) is 2.96. The molecule has 1 aromatic heterocycles. The van der Waals surface area contributed by atoms with Crippen LogP contribution in [0.2, 0.25) is 0 Å². The first-order valence-electron chi connectivity index (χ1n) is 6.63. The summed E-state index contributed by atoms with van der Waals surface area (Å²) in [6, 6.07) is 9.92. The van der Waals surface area contributed by atoms with E-state index >= 15 is 0 Å². The van der Waals surface area contributed by atoms with Crippen LogP contribution in [0.1, 0.15) is 22.5 Å². The van der Waals surface area contributed by atoms with Crippen molar-refractivity contribution in [2.75, 3.05) is 11.1 Å². The molecule has 0 aliphatic carbocycles. The first kappa shape index (κ1) is 15.8. The SMILES string of the molecule is NC(=O)c1[nH]cnc1NC(=O)CCSC=Cc1ccccc1. The summed E-state index contributed by atoms with van der Waals surface area (Å²) >= 11 is 1.54. The number of imidazole rings is 1. The molecule has 0 unspecified atom stereocenters. The molecular formula is C15H16N4O2S. The highest BCUT2D eigenvalue weighted by Crippen LogP contribution is 2.12. The number of primary amides is 1. The molecular weight excluding hydrogens is 300 g/mol. The number of H-pyrrole nitrogens is 1. The highest BCUT2D eigenvalue weighted by molar-refractivity contribution is 8.02. The van der Waals surface area contributed by atoms with Gasteiger partial charge in [0.05, 0.1) is 6.33 Å². The highest BCUT2D eigenvalue weighted by Gasteiger charge is 2.13. The first-order chi connectivity index (χ1) is 10.7. The zero-order valence-electron chi connectivity index (χ0n) is 11.8. The third kappa shape index (κ3) is 4.78. The van der Waals surface area contributed by atoms with Gasteiger partial charge in [0.25, 0.3) is 5.91 Å². The Bertz CT molecular complexity index is 667. The topological polar surface area (TPSA) is 101 Å². The molecule has 4 N–H and O–H groups in total. The minimum absolute atomic E-state index is 0.102. The Morgan fingerprint density at radius 1 is 1.32 bits per heavy atom. The number of thioether (sulfide) groups is 1. The van der Waals surface area contributed by atoms with Crippen molar-refractivity contribution in [2.24, 2.45) is 5.73 Å². The van der Waals surface area contributed by atoms with Gasteiger partial charge in [-0.15, -0.1) is 11.8 Å². The van der Waals surface area contributed by atoms with Crippen LogP contribution < -0.4 is 11.1 Å². The van der Waals surface area contributed by atoms with Crippen LogP contribution in [0.15, 0.2) is 42.1 Å². The summed E-state index contributed by atoms with van der Waals surface area (Å²) < 4.78 is 0. The van der Waals surface area contributed by atoms with Crippen LogP contribution in [-0.4, -0.2) is 27.5 Å². The molecule has 0 fully saturated rings. The molecule has 114 valence electrons. The molecule has 7 heteroatoms. The fourth-order valence-electron chi connectivity index (χ4n) is 1.68. The molecule has 6 nitrogen and oxygen atoms in total. The Kier molecular flexibility index (Phi) is 5.79. The molecule has 1 aromatic carbocycles. The molecule has 2 rings (SSSR count). The minimum Gasteiger partial charge on any atom is -0.364 e. The molecule has 2 aromatic rings. The van der Waals surface area contributed by atoms with Gasteiger partial charge in [0, 0.05) is 12.2 Å². The fraction of sp³-hybridized carbons (Fsp3) is 0.133. The normalized spacial score (nSPS) is 10.7. The lowest BCUT2D eigenvalue weighted by molar-refractivity contribution is -0.115. The van der Waals surface area contributed by atoms with E-state index in [1.807, 2.05) is 41.8 Å². The highest BCUT2D eigenvalue weighted by atomic mass is 32.2. The van der Waals surface area contributed by atoms with Crippen molar-refractivity contribution in [1.82, 2.24) is 9.97 Å². The molecule has 2 amide bonds. The van der Waals surface area contributed by atoms with E-state index in [1.165, 1.54) is 18.1 Å². The second-order valence-electron chi connectivity index (χ2n) is 4.37. The average molecular weight is 316 g/mol. The number of nitrogens with zero attached hydrogens (tertiary/aromatic N) is 1. The second-order valence-corrected chi connectivity index (χ2v) is 5.39. The number of hydrogen-bond acceptors (Lipinski definition) is 4. The summed E-state index contributed by atoms with van der Waals surface area (Å²) in [4.78, 5) is 29.3. The van der Waals surface area contributed by atoms with Gasteiger partial charge in [0.1, 0.15) is 5.69 Å². The number of benzene rings is 1. The molecule has 0 bridgehead atoms. The van der Waals surface area contributed by atoms with E-state index in [-0.39, 0.29) is 17.4 Å². The van der Waals surface area contributed by atoms with Crippen molar-refractivity contribution >= 4 is 35.5 Å². The van der Waals surface area contributed by atoms with E-state index in [4.69, 9.17) is 5.73 Å². The summed E-state index contributed by atoms with van der Waals surface area (Å²) in [5.74, 6) is -0.0728. The first-order valence-corrected chi connectivity index (χ1v) is 7.68. The van der Waals surface area contributed by atoms with E-state index < -0.39 is 5.91 Å². The molecule has 0 saturated carbocycles. The third-order valence-electron chi connectivity index (χ3n) is 2.75.